The SMILES string of the molecule is Cn1ccc(NCC2NCCCC2(C)C)n1. The first kappa shape index (κ1) is 11.5. The molecule has 2 heterocycles. The van der Waals surface area contributed by atoms with E-state index < -0.39 is 0 Å². The molecule has 0 bridgehead atoms. The molecule has 16 heavy (non-hydrogen) atoms. The number of piperidine rings is 1. The molecular weight excluding hydrogens is 200 g/mol. The summed E-state index contributed by atoms with van der Waals surface area (Å²) in [4.78, 5) is 0. The molecule has 1 aliphatic heterocycles. The Morgan fingerprint density at radius 2 is 2.44 bits per heavy atom. The molecule has 90 valence electrons. The zero-order valence-electron chi connectivity index (χ0n) is 10.5. The van der Waals surface area contributed by atoms with Gasteiger partial charge in [-0.2, -0.15) is 5.10 Å². The number of anilines is 1. The van der Waals surface area contributed by atoms with Crippen LogP contribution >= 0.6 is 0 Å². The second kappa shape index (κ2) is 4.45. The Balaban J connectivity index is 1.89. The van der Waals surface area contributed by atoms with Crippen molar-refractivity contribution in [1.82, 2.24) is 15.1 Å². The van der Waals surface area contributed by atoms with E-state index in [0.29, 0.717) is 11.5 Å². The van der Waals surface area contributed by atoms with Gasteiger partial charge in [-0.15, -0.1) is 0 Å². The Labute approximate surface area is 97.4 Å². The van der Waals surface area contributed by atoms with Crippen LogP contribution in [0.15, 0.2) is 12.3 Å². The molecule has 0 aromatic carbocycles. The zero-order chi connectivity index (χ0) is 11.6. The summed E-state index contributed by atoms with van der Waals surface area (Å²) in [6.45, 7) is 6.76. The van der Waals surface area contributed by atoms with E-state index in [-0.39, 0.29) is 0 Å². The minimum Gasteiger partial charge on any atom is -0.367 e. The summed E-state index contributed by atoms with van der Waals surface area (Å²) in [6, 6.07) is 2.54. The number of rotatable bonds is 3. The molecule has 1 fully saturated rings. The molecule has 4 heteroatoms. The van der Waals surface area contributed by atoms with Gasteiger partial charge in [-0.05, 0) is 24.8 Å². The monoisotopic (exact) mass is 222 g/mol. The smallest absolute Gasteiger partial charge is 0.148 e. The van der Waals surface area contributed by atoms with Gasteiger partial charge >= 0.3 is 0 Å². The van der Waals surface area contributed by atoms with Gasteiger partial charge in [0.2, 0.25) is 0 Å². The predicted octanol–water partition coefficient (Wildman–Crippen LogP) is 1.61. The fourth-order valence-corrected chi connectivity index (χ4v) is 2.34. The Morgan fingerprint density at radius 3 is 3.06 bits per heavy atom. The lowest BCUT2D eigenvalue weighted by molar-refractivity contribution is 0.188. The fraction of sp³-hybridized carbons (Fsp3) is 0.750. The second-order valence-corrected chi connectivity index (χ2v) is 5.35. The van der Waals surface area contributed by atoms with E-state index in [4.69, 9.17) is 0 Å². The van der Waals surface area contributed by atoms with Crippen LogP contribution < -0.4 is 10.6 Å². The minimum absolute atomic E-state index is 0.375. The molecular formula is C12H22N4. The Morgan fingerprint density at radius 1 is 1.62 bits per heavy atom. The van der Waals surface area contributed by atoms with Crippen molar-refractivity contribution in [1.29, 1.82) is 0 Å². The van der Waals surface area contributed by atoms with Crippen molar-refractivity contribution in [2.24, 2.45) is 12.5 Å². The van der Waals surface area contributed by atoms with E-state index >= 15 is 0 Å². The van der Waals surface area contributed by atoms with Crippen molar-refractivity contribution in [2.75, 3.05) is 18.4 Å². The van der Waals surface area contributed by atoms with Crippen molar-refractivity contribution in [2.45, 2.75) is 32.7 Å². The topological polar surface area (TPSA) is 41.9 Å². The number of hydrogen-bond donors (Lipinski definition) is 2. The first-order valence-electron chi connectivity index (χ1n) is 6.05. The highest BCUT2D eigenvalue weighted by atomic mass is 15.3. The lowest BCUT2D eigenvalue weighted by Gasteiger charge is -2.39. The summed E-state index contributed by atoms with van der Waals surface area (Å²) in [5.41, 5.74) is 0.375. The summed E-state index contributed by atoms with van der Waals surface area (Å²) in [6.07, 6.45) is 4.55. The van der Waals surface area contributed by atoms with Gasteiger partial charge in [0.05, 0.1) is 0 Å². The van der Waals surface area contributed by atoms with Crippen molar-refractivity contribution in [3.8, 4) is 0 Å². The maximum Gasteiger partial charge on any atom is 0.148 e. The molecule has 2 N–H and O–H groups in total. The first-order chi connectivity index (χ1) is 7.58. The summed E-state index contributed by atoms with van der Waals surface area (Å²) < 4.78 is 1.82. The Kier molecular flexibility index (Phi) is 3.19. The van der Waals surface area contributed by atoms with Gasteiger partial charge < -0.3 is 10.6 Å². The second-order valence-electron chi connectivity index (χ2n) is 5.35. The number of hydrogen-bond acceptors (Lipinski definition) is 3. The normalized spacial score (nSPS) is 24.3. The standard InChI is InChI=1S/C12H22N4/c1-12(2)6-4-7-13-10(12)9-14-11-5-8-16(3)15-11/h5,8,10,13H,4,6-7,9H2,1-3H3,(H,14,15). The number of nitrogens with one attached hydrogen (secondary N) is 2. The van der Waals surface area contributed by atoms with Crippen LogP contribution in [-0.2, 0) is 7.05 Å². The highest BCUT2D eigenvalue weighted by Gasteiger charge is 2.31. The van der Waals surface area contributed by atoms with E-state index in [1.807, 2.05) is 24.0 Å². The fourth-order valence-electron chi connectivity index (χ4n) is 2.34. The van der Waals surface area contributed by atoms with Gasteiger partial charge in [-0.3, -0.25) is 4.68 Å². The van der Waals surface area contributed by atoms with Gasteiger partial charge in [-0.1, -0.05) is 13.8 Å². The van der Waals surface area contributed by atoms with Crippen LogP contribution in [-0.4, -0.2) is 28.9 Å². The Bertz CT molecular complexity index is 343. The van der Waals surface area contributed by atoms with Crippen LogP contribution in [0.3, 0.4) is 0 Å². The lowest BCUT2D eigenvalue weighted by atomic mass is 9.77. The van der Waals surface area contributed by atoms with Crippen LogP contribution in [0, 0.1) is 5.41 Å². The van der Waals surface area contributed by atoms with E-state index in [0.717, 1.165) is 18.9 Å². The molecule has 1 saturated heterocycles. The molecule has 2 rings (SSSR count). The first-order valence-corrected chi connectivity index (χ1v) is 6.05. The van der Waals surface area contributed by atoms with Gasteiger partial charge in [0.15, 0.2) is 0 Å². The van der Waals surface area contributed by atoms with E-state index in [2.05, 4.69) is 29.6 Å². The quantitative estimate of drug-likeness (QED) is 0.816. The van der Waals surface area contributed by atoms with Crippen LogP contribution in [0.2, 0.25) is 0 Å². The molecule has 0 amide bonds. The molecule has 4 nitrogen and oxygen atoms in total. The van der Waals surface area contributed by atoms with Gasteiger partial charge in [-0.25, -0.2) is 0 Å². The summed E-state index contributed by atoms with van der Waals surface area (Å²) in [7, 11) is 1.94. The van der Waals surface area contributed by atoms with Crippen molar-refractivity contribution in [3.63, 3.8) is 0 Å². The summed E-state index contributed by atoms with van der Waals surface area (Å²) in [5, 5.41) is 11.3. The highest BCUT2D eigenvalue weighted by molar-refractivity contribution is 5.32. The highest BCUT2D eigenvalue weighted by Crippen LogP contribution is 2.29. The Hall–Kier alpha value is -1.03. The van der Waals surface area contributed by atoms with Crippen molar-refractivity contribution >= 4 is 5.82 Å². The lowest BCUT2D eigenvalue weighted by Crippen LogP contribution is -2.50. The third-order valence-electron chi connectivity index (χ3n) is 3.53. The maximum absolute atomic E-state index is 4.32. The average Bonchev–Trinajstić information content (AvgIpc) is 2.62. The molecule has 1 aliphatic rings. The third-order valence-corrected chi connectivity index (χ3v) is 3.53. The average molecular weight is 222 g/mol. The molecule has 1 atom stereocenters. The van der Waals surface area contributed by atoms with E-state index in [9.17, 15) is 0 Å². The van der Waals surface area contributed by atoms with Gasteiger partial charge in [0.25, 0.3) is 0 Å². The molecule has 1 unspecified atom stereocenters. The number of nitrogens with zero attached hydrogens (tertiary/aromatic N) is 2. The third kappa shape index (κ3) is 2.55. The van der Waals surface area contributed by atoms with Crippen LogP contribution in [0.25, 0.3) is 0 Å². The minimum atomic E-state index is 0.375. The molecule has 1 aromatic rings. The largest absolute Gasteiger partial charge is 0.367 e. The van der Waals surface area contributed by atoms with Gasteiger partial charge in [0, 0.05) is 31.9 Å². The van der Waals surface area contributed by atoms with Gasteiger partial charge in [0.1, 0.15) is 5.82 Å². The van der Waals surface area contributed by atoms with Crippen molar-refractivity contribution < 1.29 is 0 Å². The zero-order valence-corrected chi connectivity index (χ0v) is 10.5. The molecule has 0 saturated carbocycles. The molecule has 0 radical (unpaired) electrons. The predicted molar refractivity (Wildman–Crippen MR) is 66.5 cm³/mol. The van der Waals surface area contributed by atoms with Crippen LogP contribution in [0.4, 0.5) is 5.82 Å². The summed E-state index contributed by atoms with van der Waals surface area (Å²) in [5.74, 6) is 0.964. The van der Waals surface area contributed by atoms with Crippen molar-refractivity contribution in [3.05, 3.63) is 12.3 Å². The van der Waals surface area contributed by atoms with Crippen LogP contribution in [0.5, 0.6) is 0 Å². The van der Waals surface area contributed by atoms with E-state index in [1.54, 1.807) is 0 Å². The summed E-state index contributed by atoms with van der Waals surface area (Å²) >= 11 is 0. The maximum atomic E-state index is 4.32. The van der Waals surface area contributed by atoms with E-state index in [1.165, 1.54) is 12.8 Å². The number of aromatic nitrogens is 2. The molecule has 0 spiro atoms. The molecule has 0 aliphatic carbocycles. The number of aryl methyl sites for hydroxylation is 1. The molecule has 1 aromatic heterocycles. The van der Waals surface area contributed by atoms with Crippen LogP contribution in [0.1, 0.15) is 26.7 Å².